The number of ether oxygens (including phenoxy) is 1. The molecule has 0 aromatic heterocycles. The molecule has 1 aromatic rings. The van der Waals surface area contributed by atoms with Crippen LogP contribution in [0.3, 0.4) is 0 Å². The van der Waals surface area contributed by atoms with Gasteiger partial charge in [-0.3, -0.25) is 4.79 Å². The minimum absolute atomic E-state index is 0.128. The molecule has 0 spiro atoms. The summed E-state index contributed by atoms with van der Waals surface area (Å²) in [6.45, 7) is 0. The van der Waals surface area contributed by atoms with Crippen molar-refractivity contribution < 1.29 is 9.53 Å². The van der Waals surface area contributed by atoms with Crippen LogP contribution in [-0.2, 0) is 4.79 Å². The number of rotatable bonds is 3. The van der Waals surface area contributed by atoms with Gasteiger partial charge in [-0.2, -0.15) is 0 Å². The molecule has 3 nitrogen and oxygen atoms in total. The van der Waals surface area contributed by atoms with Crippen molar-refractivity contribution in [2.75, 3.05) is 12.4 Å². The van der Waals surface area contributed by atoms with E-state index in [1.54, 1.807) is 7.11 Å². The van der Waals surface area contributed by atoms with Crippen molar-refractivity contribution in [3.63, 3.8) is 0 Å². The Morgan fingerprint density at radius 2 is 2.06 bits per heavy atom. The molecule has 0 atom stereocenters. The number of hydrogen-bond acceptors (Lipinski definition) is 2. The molecule has 1 aliphatic rings. The topological polar surface area (TPSA) is 38.3 Å². The summed E-state index contributed by atoms with van der Waals surface area (Å²) in [6.07, 6.45) is 5.60. The lowest BCUT2D eigenvalue weighted by atomic mass is 9.88. The van der Waals surface area contributed by atoms with Gasteiger partial charge in [-0.15, -0.1) is 0 Å². The average molecular weight is 312 g/mol. The van der Waals surface area contributed by atoms with Gasteiger partial charge in [0.1, 0.15) is 5.75 Å². The molecule has 1 saturated carbocycles. The monoisotopic (exact) mass is 311 g/mol. The quantitative estimate of drug-likeness (QED) is 0.917. The molecule has 18 heavy (non-hydrogen) atoms. The van der Waals surface area contributed by atoms with E-state index >= 15 is 0 Å². The number of anilines is 1. The summed E-state index contributed by atoms with van der Waals surface area (Å²) in [6, 6.07) is 5.58. The number of amides is 1. The highest BCUT2D eigenvalue weighted by Gasteiger charge is 2.21. The van der Waals surface area contributed by atoms with Crippen molar-refractivity contribution in [1.82, 2.24) is 0 Å². The molecule has 0 unspecified atom stereocenters. The van der Waals surface area contributed by atoms with Crippen molar-refractivity contribution in [2.24, 2.45) is 5.92 Å². The number of methoxy groups -OCH3 is 1. The molecule has 1 aliphatic carbocycles. The summed E-state index contributed by atoms with van der Waals surface area (Å²) in [4.78, 5) is 12.1. The number of nitrogens with one attached hydrogen (secondary N) is 1. The minimum atomic E-state index is 0.128. The lowest BCUT2D eigenvalue weighted by Crippen LogP contribution is -2.24. The van der Waals surface area contributed by atoms with Gasteiger partial charge in [-0.05, 0) is 40.9 Å². The highest BCUT2D eigenvalue weighted by atomic mass is 79.9. The number of carbonyl (C=O) groups is 1. The van der Waals surface area contributed by atoms with Gasteiger partial charge in [0, 0.05) is 16.5 Å². The van der Waals surface area contributed by atoms with E-state index in [1.165, 1.54) is 6.42 Å². The molecule has 0 radical (unpaired) electrons. The van der Waals surface area contributed by atoms with Crippen molar-refractivity contribution in [2.45, 2.75) is 32.1 Å². The van der Waals surface area contributed by atoms with Crippen molar-refractivity contribution in [3.05, 3.63) is 22.7 Å². The third-order valence-electron chi connectivity index (χ3n) is 3.41. The molecular weight excluding hydrogens is 294 g/mol. The Hall–Kier alpha value is -1.03. The fourth-order valence-corrected chi connectivity index (χ4v) is 2.67. The Kier molecular flexibility index (Phi) is 4.64. The number of hydrogen-bond donors (Lipinski definition) is 1. The molecule has 98 valence electrons. The summed E-state index contributed by atoms with van der Waals surface area (Å²) >= 11 is 3.44. The molecular formula is C14H18BrNO2. The first kappa shape index (κ1) is 13.4. The van der Waals surface area contributed by atoms with E-state index in [4.69, 9.17) is 4.74 Å². The maximum absolute atomic E-state index is 12.1. The first-order valence-electron chi connectivity index (χ1n) is 6.35. The van der Waals surface area contributed by atoms with Crippen LogP contribution in [0.15, 0.2) is 22.7 Å². The van der Waals surface area contributed by atoms with Gasteiger partial charge < -0.3 is 10.1 Å². The van der Waals surface area contributed by atoms with E-state index in [9.17, 15) is 4.79 Å². The largest absolute Gasteiger partial charge is 0.497 e. The van der Waals surface area contributed by atoms with Crippen molar-refractivity contribution >= 4 is 27.5 Å². The van der Waals surface area contributed by atoms with Crippen LogP contribution in [0, 0.1) is 5.92 Å². The van der Waals surface area contributed by atoms with Gasteiger partial charge in [0.2, 0.25) is 5.91 Å². The van der Waals surface area contributed by atoms with Crippen molar-refractivity contribution in [3.8, 4) is 5.75 Å². The first-order chi connectivity index (χ1) is 8.70. The zero-order valence-corrected chi connectivity index (χ0v) is 12.1. The molecule has 1 amide bonds. The van der Waals surface area contributed by atoms with Crippen molar-refractivity contribution in [1.29, 1.82) is 0 Å². The molecule has 1 N–H and O–H groups in total. The van der Waals surface area contributed by atoms with Gasteiger partial charge in [0.05, 0.1) is 12.8 Å². The van der Waals surface area contributed by atoms with E-state index in [1.807, 2.05) is 18.2 Å². The van der Waals surface area contributed by atoms with E-state index in [2.05, 4.69) is 21.2 Å². The second-order valence-corrected chi connectivity index (χ2v) is 5.52. The average Bonchev–Trinajstić information content (AvgIpc) is 2.42. The van der Waals surface area contributed by atoms with Gasteiger partial charge >= 0.3 is 0 Å². The highest BCUT2D eigenvalue weighted by Crippen LogP contribution is 2.29. The molecule has 1 fully saturated rings. The van der Waals surface area contributed by atoms with E-state index in [0.717, 1.165) is 41.6 Å². The van der Waals surface area contributed by atoms with Crippen LogP contribution >= 0.6 is 15.9 Å². The molecule has 4 heteroatoms. The summed E-state index contributed by atoms with van der Waals surface area (Å²) in [5, 5.41) is 2.99. The third-order valence-corrected chi connectivity index (χ3v) is 4.10. The van der Waals surface area contributed by atoms with E-state index in [-0.39, 0.29) is 11.8 Å². The Labute approximate surface area is 116 Å². The summed E-state index contributed by atoms with van der Waals surface area (Å²) < 4.78 is 6.05. The predicted octanol–water partition coefficient (Wildman–Crippen LogP) is 3.98. The van der Waals surface area contributed by atoms with Gasteiger partial charge in [-0.25, -0.2) is 0 Å². The fraction of sp³-hybridized carbons (Fsp3) is 0.500. The van der Waals surface area contributed by atoms with Gasteiger partial charge in [-0.1, -0.05) is 19.3 Å². The Bertz CT molecular complexity index is 428. The number of benzene rings is 1. The van der Waals surface area contributed by atoms with Crippen LogP contribution < -0.4 is 10.1 Å². The smallest absolute Gasteiger partial charge is 0.227 e. The third kappa shape index (κ3) is 3.25. The second kappa shape index (κ2) is 6.23. The minimum Gasteiger partial charge on any atom is -0.497 e. The number of carbonyl (C=O) groups excluding carboxylic acids is 1. The lowest BCUT2D eigenvalue weighted by Gasteiger charge is -2.21. The second-order valence-electron chi connectivity index (χ2n) is 4.67. The van der Waals surface area contributed by atoms with Gasteiger partial charge in [0.25, 0.3) is 0 Å². The Morgan fingerprint density at radius 1 is 1.33 bits per heavy atom. The molecule has 0 heterocycles. The standard InChI is InChI=1S/C14H18BrNO2/c1-18-11-7-8-12(15)13(9-11)16-14(17)10-5-3-2-4-6-10/h7-10H,2-6H2,1H3,(H,16,17). The molecule has 1 aromatic carbocycles. The highest BCUT2D eigenvalue weighted by molar-refractivity contribution is 9.10. The van der Waals surface area contributed by atoms with Crippen LogP contribution in [0.5, 0.6) is 5.75 Å². The molecule has 2 rings (SSSR count). The summed E-state index contributed by atoms with van der Waals surface area (Å²) in [5.74, 6) is 1.04. The van der Waals surface area contributed by atoms with Gasteiger partial charge in [0.15, 0.2) is 0 Å². The lowest BCUT2D eigenvalue weighted by molar-refractivity contribution is -0.120. The summed E-state index contributed by atoms with van der Waals surface area (Å²) in [7, 11) is 1.62. The van der Waals surface area contributed by atoms with Crippen LogP contribution in [0.1, 0.15) is 32.1 Å². The van der Waals surface area contributed by atoms with Crippen LogP contribution in [0.2, 0.25) is 0 Å². The molecule has 0 aliphatic heterocycles. The SMILES string of the molecule is COc1ccc(Br)c(NC(=O)C2CCCCC2)c1. The van der Waals surface area contributed by atoms with E-state index in [0.29, 0.717) is 0 Å². The Balaban J connectivity index is 2.05. The number of halogens is 1. The maximum Gasteiger partial charge on any atom is 0.227 e. The molecule has 0 saturated heterocycles. The van der Waals surface area contributed by atoms with Crippen LogP contribution in [-0.4, -0.2) is 13.0 Å². The Morgan fingerprint density at radius 3 is 2.72 bits per heavy atom. The zero-order chi connectivity index (χ0) is 13.0. The first-order valence-corrected chi connectivity index (χ1v) is 7.14. The fourth-order valence-electron chi connectivity index (χ4n) is 2.33. The maximum atomic E-state index is 12.1. The summed E-state index contributed by atoms with van der Waals surface area (Å²) in [5.41, 5.74) is 0.782. The van der Waals surface area contributed by atoms with E-state index < -0.39 is 0 Å². The zero-order valence-electron chi connectivity index (χ0n) is 10.5. The normalized spacial score (nSPS) is 16.3. The van der Waals surface area contributed by atoms with Crippen LogP contribution in [0.4, 0.5) is 5.69 Å². The van der Waals surface area contributed by atoms with Crippen LogP contribution in [0.25, 0.3) is 0 Å². The molecule has 0 bridgehead atoms. The predicted molar refractivity (Wildman–Crippen MR) is 75.9 cm³/mol.